The van der Waals surface area contributed by atoms with Crippen LogP contribution in [0.15, 0.2) is 29.3 Å². The first-order valence-corrected chi connectivity index (χ1v) is 11.9. The van der Waals surface area contributed by atoms with Gasteiger partial charge in [0.2, 0.25) is 0 Å². The van der Waals surface area contributed by atoms with E-state index in [1.54, 1.807) is 18.4 Å². The minimum atomic E-state index is 0. The van der Waals surface area contributed by atoms with Crippen LogP contribution in [0, 0.1) is 0 Å². The lowest BCUT2D eigenvalue weighted by atomic mass is 10.1. The molecule has 1 aromatic carbocycles. The van der Waals surface area contributed by atoms with Crippen LogP contribution in [0.4, 0.5) is 16.4 Å². The number of methoxy groups -OCH3 is 1. The van der Waals surface area contributed by atoms with Crippen LogP contribution in [0.5, 0.6) is 0 Å². The largest absolute Gasteiger partial charge is 0.385 e. The molecule has 0 radical (unpaired) electrons. The van der Waals surface area contributed by atoms with E-state index < -0.39 is 0 Å². The van der Waals surface area contributed by atoms with Crippen molar-refractivity contribution in [2.75, 3.05) is 45.2 Å². The quantitative estimate of drug-likeness (QED) is 0.553. The van der Waals surface area contributed by atoms with Gasteiger partial charge < -0.3 is 15.0 Å². The number of ether oxygens (including phenoxy) is 1. The Bertz CT molecular complexity index is 904. The summed E-state index contributed by atoms with van der Waals surface area (Å²) in [5.74, 6) is 1.40. The molecule has 2 aromatic rings. The smallest absolute Gasteiger partial charge is 0.158 e. The number of rotatable bonds is 6. The van der Waals surface area contributed by atoms with E-state index in [0.717, 1.165) is 72.1 Å². The number of hydrogen-bond acceptors (Lipinski definition) is 7. The SMILES string of the molecule is CCCN1CCN(C2=Nc3ccccc3Nc3sc(C(C)C)nc32)C[C@@H]1CCOC.Cl.Cl. The molecule has 1 saturated heterocycles. The average Bonchev–Trinajstić information content (AvgIpc) is 3.10. The van der Waals surface area contributed by atoms with Crippen LogP contribution in [-0.2, 0) is 4.74 Å². The summed E-state index contributed by atoms with van der Waals surface area (Å²) in [6.07, 6.45) is 2.21. The fourth-order valence-electron chi connectivity index (χ4n) is 4.20. The zero-order valence-electron chi connectivity index (χ0n) is 19.3. The van der Waals surface area contributed by atoms with Gasteiger partial charge in [-0.1, -0.05) is 32.9 Å². The molecule has 4 rings (SSSR count). The molecule has 1 aromatic heterocycles. The molecule has 3 heterocycles. The van der Waals surface area contributed by atoms with Crippen molar-refractivity contribution in [3.63, 3.8) is 0 Å². The summed E-state index contributed by atoms with van der Waals surface area (Å²) >= 11 is 1.75. The number of amidine groups is 1. The topological polar surface area (TPSA) is 53.0 Å². The summed E-state index contributed by atoms with van der Waals surface area (Å²) in [4.78, 5) is 15.2. The van der Waals surface area contributed by atoms with Gasteiger partial charge in [-0.05, 0) is 31.5 Å². The Hall–Kier alpha value is -1.38. The van der Waals surface area contributed by atoms with Crippen molar-refractivity contribution in [1.29, 1.82) is 0 Å². The summed E-state index contributed by atoms with van der Waals surface area (Å²) < 4.78 is 5.41. The molecular weight excluding hydrogens is 465 g/mol. The van der Waals surface area contributed by atoms with Gasteiger partial charge in [-0.3, -0.25) is 4.90 Å². The number of piperazine rings is 1. The Labute approximate surface area is 208 Å². The number of fused-ring (bicyclic) bond motifs is 2. The highest BCUT2D eigenvalue weighted by molar-refractivity contribution is 7.16. The highest BCUT2D eigenvalue weighted by Crippen LogP contribution is 2.39. The minimum Gasteiger partial charge on any atom is -0.385 e. The lowest BCUT2D eigenvalue weighted by molar-refractivity contribution is 0.0806. The molecule has 0 bridgehead atoms. The number of anilines is 2. The van der Waals surface area contributed by atoms with E-state index in [4.69, 9.17) is 14.7 Å². The molecule has 2 aliphatic rings. The number of para-hydroxylation sites is 2. The lowest BCUT2D eigenvalue weighted by Crippen LogP contribution is -2.55. The van der Waals surface area contributed by atoms with Gasteiger partial charge in [0.25, 0.3) is 0 Å². The third-order valence-corrected chi connectivity index (χ3v) is 7.07. The maximum absolute atomic E-state index is 5.41. The van der Waals surface area contributed by atoms with Gasteiger partial charge in [0, 0.05) is 45.3 Å². The number of aromatic nitrogens is 1. The molecule has 1 atom stereocenters. The number of aliphatic imine (C=N–C) groups is 1. The predicted molar refractivity (Wildman–Crippen MR) is 140 cm³/mol. The zero-order valence-corrected chi connectivity index (χ0v) is 21.8. The first-order chi connectivity index (χ1) is 14.6. The van der Waals surface area contributed by atoms with Crippen molar-refractivity contribution >= 4 is 58.4 Å². The van der Waals surface area contributed by atoms with Crippen LogP contribution in [0.1, 0.15) is 50.2 Å². The molecule has 0 aliphatic carbocycles. The number of nitrogens with one attached hydrogen (secondary N) is 1. The standard InChI is InChI=1S/C23H33N5OS.2ClH/c1-5-11-27-12-13-28(15-17(27)10-14-29-4)21-20-23(30-22(26-20)16(2)3)25-19-9-7-6-8-18(19)24-21;;/h6-9,16-17,25H,5,10-15H2,1-4H3;2*1H/t17-;;/m0../s1. The van der Waals surface area contributed by atoms with Gasteiger partial charge in [0.15, 0.2) is 5.84 Å². The van der Waals surface area contributed by atoms with Crippen LogP contribution < -0.4 is 5.32 Å². The molecule has 0 unspecified atom stereocenters. The molecule has 9 heteroatoms. The van der Waals surface area contributed by atoms with E-state index >= 15 is 0 Å². The first-order valence-electron chi connectivity index (χ1n) is 11.0. The summed E-state index contributed by atoms with van der Waals surface area (Å²) in [6.45, 7) is 11.6. The van der Waals surface area contributed by atoms with Crippen LogP contribution in [0.3, 0.4) is 0 Å². The molecular formula is C23H35Cl2N5OS. The Kier molecular flexibility index (Phi) is 10.2. The molecule has 0 saturated carbocycles. The average molecular weight is 501 g/mol. The third-order valence-electron chi connectivity index (χ3n) is 5.80. The van der Waals surface area contributed by atoms with Crippen LogP contribution in [0.25, 0.3) is 0 Å². The highest BCUT2D eigenvalue weighted by Gasteiger charge is 2.32. The van der Waals surface area contributed by atoms with Crippen LogP contribution in [-0.4, -0.2) is 66.6 Å². The van der Waals surface area contributed by atoms with E-state index in [9.17, 15) is 0 Å². The molecule has 0 spiro atoms. The van der Waals surface area contributed by atoms with Crippen molar-refractivity contribution < 1.29 is 4.74 Å². The molecule has 0 amide bonds. The fraction of sp³-hybridized carbons (Fsp3) is 0.565. The summed E-state index contributed by atoms with van der Waals surface area (Å²) in [7, 11) is 1.79. The van der Waals surface area contributed by atoms with Gasteiger partial charge >= 0.3 is 0 Å². The normalized spacial score (nSPS) is 18.0. The maximum Gasteiger partial charge on any atom is 0.158 e. The second-order valence-corrected chi connectivity index (χ2v) is 9.41. The first kappa shape index (κ1) is 26.9. The molecule has 1 N–H and O–H groups in total. The van der Waals surface area contributed by atoms with Crippen molar-refractivity contribution in [3.05, 3.63) is 35.0 Å². The zero-order chi connectivity index (χ0) is 21.1. The van der Waals surface area contributed by atoms with Crippen LogP contribution >= 0.6 is 36.2 Å². The Morgan fingerprint density at radius 3 is 2.72 bits per heavy atom. The summed E-state index contributed by atoms with van der Waals surface area (Å²) in [5.41, 5.74) is 3.02. The summed E-state index contributed by atoms with van der Waals surface area (Å²) in [5, 5.41) is 5.86. The fourth-order valence-corrected chi connectivity index (χ4v) is 5.18. The highest BCUT2D eigenvalue weighted by atomic mass is 35.5. The monoisotopic (exact) mass is 499 g/mol. The Morgan fingerprint density at radius 2 is 2.00 bits per heavy atom. The molecule has 6 nitrogen and oxygen atoms in total. The van der Waals surface area contributed by atoms with Gasteiger partial charge in [0.05, 0.1) is 16.4 Å². The minimum absolute atomic E-state index is 0. The van der Waals surface area contributed by atoms with Crippen molar-refractivity contribution in [1.82, 2.24) is 14.8 Å². The van der Waals surface area contributed by atoms with E-state index in [2.05, 4.69) is 60.2 Å². The number of thiazole rings is 1. The number of halogens is 2. The Morgan fingerprint density at radius 1 is 1.22 bits per heavy atom. The van der Waals surface area contributed by atoms with E-state index in [1.807, 2.05) is 0 Å². The second-order valence-electron chi connectivity index (χ2n) is 8.38. The van der Waals surface area contributed by atoms with Gasteiger partial charge in [-0.2, -0.15) is 0 Å². The maximum atomic E-state index is 5.41. The second kappa shape index (κ2) is 12.2. The number of benzene rings is 1. The van der Waals surface area contributed by atoms with Crippen LogP contribution in [0.2, 0.25) is 0 Å². The molecule has 1 fully saturated rings. The van der Waals surface area contributed by atoms with Gasteiger partial charge in [-0.25, -0.2) is 9.98 Å². The van der Waals surface area contributed by atoms with Gasteiger partial charge in [0.1, 0.15) is 10.7 Å². The summed E-state index contributed by atoms with van der Waals surface area (Å²) in [6, 6.07) is 8.76. The predicted octanol–water partition coefficient (Wildman–Crippen LogP) is 5.68. The van der Waals surface area contributed by atoms with E-state index in [-0.39, 0.29) is 24.8 Å². The molecule has 2 aliphatic heterocycles. The lowest BCUT2D eigenvalue weighted by Gasteiger charge is -2.42. The van der Waals surface area contributed by atoms with Gasteiger partial charge in [-0.15, -0.1) is 36.2 Å². The number of hydrogen-bond donors (Lipinski definition) is 1. The third kappa shape index (κ3) is 5.75. The Balaban J connectivity index is 0.00000181. The van der Waals surface area contributed by atoms with Crippen molar-refractivity contribution in [2.45, 2.75) is 45.6 Å². The van der Waals surface area contributed by atoms with Crippen molar-refractivity contribution in [2.24, 2.45) is 4.99 Å². The van der Waals surface area contributed by atoms with E-state index in [1.165, 1.54) is 6.42 Å². The molecule has 32 heavy (non-hydrogen) atoms. The van der Waals surface area contributed by atoms with Crippen molar-refractivity contribution in [3.8, 4) is 0 Å². The number of nitrogens with zero attached hydrogens (tertiary/aromatic N) is 4. The van der Waals surface area contributed by atoms with E-state index in [0.29, 0.717) is 12.0 Å². The molecule has 178 valence electrons.